The molecule has 2 nitrogen and oxygen atoms in total. The monoisotopic (exact) mass is 257 g/mol. The van der Waals surface area contributed by atoms with Crippen LogP contribution in [0.1, 0.15) is 46.7 Å². The van der Waals surface area contributed by atoms with Crippen molar-refractivity contribution in [1.29, 1.82) is 0 Å². The van der Waals surface area contributed by atoms with Crippen LogP contribution in [0.5, 0.6) is 0 Å². The van der Waals surface area contributed by atoms with Gasteiger partial charge in [0.1, 0.15) is 10.7 Å². The molecular formula is C15H15NOS. The second kappa shape index (κ2) is 4.65. The number of rotatable bonds is 3. The number of hydrogen-bond donors (Lipinski definition) is 0. The van der Waals surface area contributed by atoms with Crippen molar-refractivity contribution in [3.8, 4) is 0 Å². The second-order valence-electron chi connectivity index (χ2n) is 4.85. The van der Waals surface area contributed by atoms with Gasteiger partial charge >= 0.3 is 0 Å². The Labute approximate surface area is 111 Å². The van der Waals surface area contributed by atoms with Gasteiger partial charge in [-0.25, -0.2) is 4.98 Å². The van der Waals surface area contributed by atoms with E-state index in [1.807, 2.05) is 11.4 Å². The SMILES string of the molecule is O=Cc1csc(C2(c3ccccc3)CCCC2)n1. The van der Waals surface area contributed by atoms with E-state index in [1.54, 1.807) is 11.3 Å². The smallest absolute Gasteiger partial charge is 0.169 e. The first-order valence-corrected chi connectivity index (χ1v) is 7.20. The topological polar surface area (TPSA) is 30.0 Å². The molecule has 92 valence electrons. The number of benzene rings is 1. The van der Waals surface area contributed by atoms with E-state index < -0.39 is 0 Å². The lowest BCUT2D eigenvalue weighted by atomic mass is 9.79. The summed E-state index contributed by atoms with van der Waals surface area (Å²) < 4.78 is 0. The summed E-state index contributed by atoms with van der Waals surface area (Å²) in [7, 11) is 0. The summed E-state index contributed by atoms with van der Waals surface area (Å²) in [5.74, 6) is 0. The number of nitrogens with zero attached hydrogens (tertiary/aromatic N) is 1. The van der Waals surface area contributed by atoms with Gasteiger partial charge in [0.15, 0.2) is 6.29 Å². The highest BCUT2D eigenvalue weighted by atomic mass is 32.1. The van der Waals surface area contributed by atoms with Gasteiger partial charge in [0, 0.05) is 10.8 Å². The highest BCUT2D eigenvalue weighted by Gasteiger charge is 2.39. The first-order chi connectivity index (χ1) is 8.85. The maximum absolute atomic E-state index is 10.8. The number of carbonyl (C=O) groups excluding carboxylic acids is 1. The Balaban J connectivity index is 2.09. The number of aldehydes is 1. The van der Waals surface area contributed by atoms with Gasteiger partial charge in [-0.1, -0.05) is 43.2 Å². The predicted molar refractivity (Wildman–Crippen MR) is 73.2 cm³/mol. The fraction of sp³-hybridized carbons (Fsp3) is 0.333. The van der Waals surface area contributed by atoms with Gasteiger partial charge in [0.25, 0.3) is 0 Å². The van der Waals surface area contributed by atoms with E-state index in [4.69, 9.17) is 0 Å². The lowest BCUT2D eigenvalue weighted by Gasteiger charge is -2.27. The molecule has 1 fully saturated rings. The van der Waals surface area contributed by atoms with Crippen molar-refractivity contribution in [3.05, 3.63) is 52.0 Å². The van der Waals surface area contributed by atoms with Crippen molar-refractivity contribution in [2.24, 2.45) is 0 Å². The van der Waals surface area contributed by atoms with Crippen LogP contribution in [0, 0.1) is 0 Å². The zero-order valence-electron chi connectivity index (χ0n) is 10.1. The van der Waals surface area contributed by atoms with E-state index in [-0.39, 0.29) is 5.41 Å². The average Bonchev–Trinajstić information content (AvgIpc) is 3.09. The van der Waals surface area contributed by atoms with Crippen LogP contribution in [-0.2, 0) is 5.41 Å². The van der Waals surface area contributed by atoms with E-state index in [2.05, 4.69) is 29.2 Å². The maximum atomic E-state index is 10.8. The molecule has 0 unspecified atom stereocenters. The van der Waals surface area contributed by atoms with Crippen molar-refractivity contribution < 1.29 is 4.79 Å². The predicted octanol–water partition coefficient (Wildman–Crippen LogP) is 3.82. The summed E-state index contributed by atoms with van der Waals surface area (Å²) in [5.41, 5.74) is 1.96. The minimum absolute atomic E-state index is 0.0488. The standard InChI is InChI=1S/C15H15NOS/c17-10-13-11-18-14(16-13)15(8-4-5-9-15)12-6-2-1-3-7-12/h1-3,6-7,10-11H,4-5,8-9H2. The first kappa shape index (κ1) is 11.6. The molecule has 0 spiro atoms. The van der Waals surface area contributed by atoms with Crippen molar-refractivity contribution in [3.63, 3.8) is 0 Å². The molecule has 1 heterocycles. The zero-order chi connectivity index (χ0) is 12.4. The number of hydrogen-bond acceptors (Lipinski definition) is 3. The van der Waals surface area contributed by atoms with E-state index in [0.29, 0.717) is 5.69 Å². The van der Waals surface area contributed by atoms with Crippen LogP contribution < -0.4 is 0 Å². The Hall–Kier alpha value is -1.48. The molecule has 1 aliphatic carbocycles. The van der Waals surface area contributed by atoms with Gasteiger partial charge in [-0.05, 0) is 18.4 Å². The second-order valence-corrected chi connectivity index (χ2v) is 5.71. The fourth-order valence-electron chi connectivity index (χ4n) is 2.92. The third kappa shape index (κ3) is 1.79. The van der Waals surface area contributed by atoms with E-state index in [9.17, 15) is 4.79 Å². The largest absolute Gasteiger partial charge is 0.296 e. The van der Waals surface area contributed by atoms with Crippen molar-refractivity contribution in [2.45, 2.75) is 31.1 Å². The Kier molecular flexibility index (Phi) is 3.00. The molecule has 2 aromatic rings. The number of thiazole rings is 1. The Morgan fingerprint density at radius 3 is 2.50 bits per heavy atom. The highest BCUT2D eigenvalue weighted by Crippen LogP contribution is 2.47. The Morgan fingerprint density at radius 1 is 1.17 bits per heavy atom. The Morgan fingerprint density at radius 2 is 1.89 bits per heavy atom. The van der Waals surface area contributed by atoms with Crippen LogP contribution >= 0.6 is 11.3 Å². The molecule has 3 rings (SSSR count). The molecule has 3 heteroatoms. The molecule has 1 aliphatic rings. The average molecular weight is 257 g/mol. The normalized spacial score (nSPS) is 17.8. The number of aromatic nitrogens is 1. The highest BCUT2D eigenvalue weighted by molar-refractivity contribution is 7.10. The summed E-state index contributed by atoms with van der Waals surface area (Å²) in [6.45, 7) is 0. The van der Waals surface area contributed by atoms with Crippen LogP contribution in [0.15, 0.2) is 35.7 Å². The van der Waals surface area contributed by atoms with Crippen LogP contribution in [0.25, 0.3) is 0 Å². The van der Waals surface area contributed by atoms with Crippen molar-refractivity contribution in [2.75, 3.05) is 0 Å². The summed E-state index contributed by atoms with van der Waals surface area (Å²) in [6.07, 6.45) is 5.61. The molecular weight excluding hydrogens is 242 g/mol. The molecule has 0 amide bonds. The van der Waals surface area contributed by atoms with Gasteiger partial charge in [-0.2, -0.15) is 0 Å². The van der Waals surface area contributed by atoms with Crippen LogP contribution in [-0.4, -0.2) is 11.3 Å². The van der Waals surface area contributed by atoms with Gasteiger partial charge < -0.3 is 0 Å². The van der Waals surface area contributed by atoms with Crippen LogP contribution in [0.3, 0.4) is 0 Å². The third-order valence-corrected chi connectivity index (χ3v) is 4.90. The van der Waals surface area contributed by atoms with Gasteiger partial charge in [0.05, 0.1) is 0 Å². The molecule has 0 saturated heterocycles. The zero-order valence-corrected chi connectivity index (χ0v) is 11.0. The number of carbonyl (C=O) groups is 1. The van der Waals surface area contributed by atoms with Gasteiger partial charge in [0.2, 0.25) is 0 Å². The molecule has 1 aromatic carbocycles. The molecule has 1 saturated carbocycles. The fourth-order valence-corrected chi connectivity index (χ4v) is 3.97. The lowest BCUT2D eigenvalue weighted by molar-refractivity contribution is 0.111. The molecule has 0 bridgehead atoms. The lowest BCUT2D eigenvalue weighted by Crippen LogP contribution is -2.23. The molecule has 0 atom stereocenters. The van der Waals surface area contributed by atoms with Crippen molar-refractivity contribution >= 4 is 17.6 Å². The molecule has 0 aliphatic heterocycles. The summed E-state index contributed by atoms with van der Waals surface area (Å²) in [5, 5.41) is 2.97. The quantitative estimate of drug-likeness (QED) is 0.782. The van der Waals surface area contributed by atoms with E-state index in [0.717, 1.165) is 24.1 Å². The van der Waals surface area contributed by atoms with E-state index >= 15 is 0 Å². The molecule has 0 radical (unpaired) electrons. The van der Waals surface area contributed by atoms with Gasteiger partial charge in [-0.15, -0.1) is 11.3 Å². The van der Waals surface area contributed by atoms with Crippen LogP contribution in [0.4, 0.5) is 0 Å². The minimum atomic E-state index is 0.0488. The van der Waals surface area contributed by atoms with E-state index in [1.165, 1.54) is 18.4 Å². The van der Waals surface area contributed by atoms with Crippen molar-refractivity contribution in [1.82, 2.24) is 4.98 Å². The minimum Gasteiger partial charge on any atom is -0.296 e. The summed E-state index contributed by atoms with van der Waals surface area (Å²) in [6, 6.07) is 10.6. The summed E-state index contributed by atoms with van der Waals surface area (Å²) >= 11 is 1.62. The first-order valence-electron chi connectivity index (χ1n) is 6.32. The molecule has 1 aromatic heterocycles. The Bertz CT molecular complexity index is 541. The molecule has 0 N–H and O–H groups in total. The van der Waals surface area contributed by atoms with Gasteiger partial charge in [-0.3, -0.25) is 4.79 Å². The maximum Gasteiger partial charge on any atom is 0.169 e. The third-order valence-electron chi connectivity index (χ3n) is 3.84. The molecule has 18 heavy (non-hydrogen) atoms. The summed E-state index contributed by atoms with van der Waals surface area (Å²) in [4.78, 5) is 15.3. The van der Waals surface area contributed by atoms with Crippen LogP contribution in [0.2, 0.25) is 0 Å².